The second-order valence-corrected chi connectivity index (χ2v) is 5.61. The monoisotopic (exact) mass is 362 g/mol. The van der Waals surface area contributed by atoms with Crippen LogP contribution >= 0.6 is 23.2 Å². The third-order valence-corrected chi connectivity index (χ3v) is 3.83. The van der Waals surface area contributed by atoms with Gasteiger partial charge in [0.25, 0.3) is 0 Å². The van der Waals surface area contributed by atoms with Crippen LogP contribution in [0, 0.1) is 0 Å². The summed E-state index contributed by atoms with van der Waals surface area (Å²) in [6.07, 6.45) is 3.26. The minimum atomic E-state index is -0.491. The fourth-order valence-corrected chi connectivity index (χ4v) is 2.58. The molecule has 0 fully saturated rings. The summed E-state index contributed by atoms with van der Waals surface area (Å²) >= 11 is 12.4. The molecule has 0 unspecified atom stereocenters. The molecule has 0 atom stereocenters. The Balaban J connectivity index is 1.99. The highest BCUT2D eigenvalue weighted by Gasteiger charge is 2.15. The van der Waals surface area contributed by atoms with Crippen LogP contribution in [0.4, 0.5) is 11.6 Å². The van der Waals surface area contributed by atoms with Crippen molar-refractivity contribution in [2.75, 3.05) is 10.9 Å². The highest BCUT2D eigenvalue weighted by molar-refractivity contribution is 6.39. The largest absolute Gasteiger partial charge is 0.352 e. The van der Waals surface area contributed by atoms with E-state index in [4.69, 9.17) is 23.2 Å². The Kier molecular flexibility index (Phi) is 4.64. The van der Waals surface area contributed by atoms with E-state index in [1.165, 1.54) is 4.57 Å². The van der Waals surface area contributed by atoms with E-state index in [2.05, 4.69) is 25.8 Å². The molecule has 0 spiro atoms. The molecule has 0 amide bonds. The van der Waals surface area contributed by atoms with Crippen LogP contribution in [0.3, 0.4) is 0 Å². The molecule has 0 radical (unpaired) electrons. The number of aromatic nitrogens is 4. The summed E-state index contributed by atoms with van der Waals surface area (Å²) in [7, 11) is 1.55. The standard InChI is InChI=1S/C15H12Cl2N6O/c1-23-13(12-10(16)3-2-4-11(12)17)19-14(20-15(23)24)22-21-9-5-7-18-8-6-9/h2-8H,1H3,(H,18,21)(H,20,22,24). The SMILES string of the molecule is Cn1c(-c2c(Cl)cccc2Cl)nc(NNc2ccncc2)nc1=O. The van der Waals surface area contributed by atoms with Gasteiger partial charge < -0.3 is 0 Å². The van der Waals surface area contributed by atoms with Crippen molar-refractivity contribution in [2.45, 2.75) is 0 Å². The topological polar surface area (TPSA) is 84.7 Å². The average Bonchev–Trinajstić information content (AvgIpc) is 2.57. The first-order valence-electron chi connectivity index (χ1n) is 6.88. The Morgan fingerprint density at radius 3 is 2.33 bits per heavy atom. The van der Waals surface area contributed by atoms with Crippen LogP contribution in [0.2, 0.25) is 10.0 Å². The molecule has 2 N–H and O–H groups in total. The van der Waals surface area contributed by atoms with Gasteiger partial charge in [0.15, 0.2) is 5.82 Å². The van der Waals surface area contributed by atoms with E-state index in [1.807, 2.05) is 0 Å². The van der Waals surface area contributed by atoms with Crippen LogP contribution in [0.5, 0.6) is 0 Å². The smallest absolute Gasteiger partial charge is 0.298 e. The number of hydrazine groups is 1. The van der Waals surface area contributed by atoms with Crippen molar-refractivity contribution in [1.82, 2.24) is 19.5 Å². The molecule has 24 heavy (non-hydrogen) atoms. The lowest BCUT2D eigenvalue weighted by molar-refractivity contribution is 0.786. The van der Waals surface area contributed by atoms with Crippen molar-refractivity contribution >= 4 is 34.8 Å². The Morgan fingerprint density at radius 2 is 1.67 bits per heavy atom. The fraction of sp³-hybridized carbons (Fsp3) is 0.0667. The molecule has 0 aliphatic rings. The summed E-state index contributed by atoms with van der Waals surface area (Å²) in [5.41, 5.74) is 6.38. The normalized spacial score (nSPS) is 10.5. The Labute approximate surface area is 147 Å². The second kappa shape index (κ2) is 6.86. The fourth-order valence-electron chi connectivity index (χ4n) is 2.01. The van der Waals surface area contributed by atoms with Gasteiger partial charge in [0, 0.05) is 19.4 Å². The number of nitrogens with zero attached hydrogens (tertiary/aromatic N) is 4. The molecule has 3 rings (SSSR count). The zero-order valence-electron chi connectivity index (χ0n) is 12.5. The minimum absolute atomic E-state index is 0.0981. The zero-order valence-corrected chi connectivity index (χ0v) is 14.0. The lowest BCUT2D eigenvalue weighted by Gasteiger charge is -2.13. The summed E-state index contributed by atoms with van der Waals surface area (Å²) < 4.78 is 1.28. The quantitative estimate of drug-likeness (QED) is 0.694. The van der Waals surface area contributed by atoms with Gasteiger partial charge in [0.2, 0.25) is 5.95 Å². The van der Waals surface area contributed by atoms with Crippen LogP contribution in [-0.4, -0.2) is 19.5 Å². The van der Waals surface area contributed by atoms with Crippen molar-refractivity contribution in [3.63, 3.8) is 0 Å². The number of nitrogens with one attached hydrogen (secondary N) is 2. The third-order valence-electron chi connectivity index (χ3n) is 3.20. The van der Waals surface area contributed by atoms with E-state index in [-0.39, 0.29) is 5.95 Å². The molecule has 1 aromatic carbocycles. The van der Waals surface area contributed by atoms with Crippen LogP contribution in [0.1, 0.15) is 0 Å². The Bertz CT molecular complexity index is 909. The van der Waals surface area contributed by atoms with Gasteiger partial charge in [-0.15, -0.1) is 0 Å². The van der Waals surface area contributed by atoms with Crippen molar-refractivity contribution < 1.29 is 0 Å². The highest BCUT2D eigenvalue weighted by atomic mass is 35.5. The molecular weight excluding hydrogens is 351 g/mol. The molecular formula is C15H12Cl2N6O. The van der Waals surface area contributed by atoms with Gasteiger partial charge >= 0.3 is 5.69 Å². The molecule has 0 aliphatic carbocycles. The Morgan fingerprint density at radius 1 is 1.00 bits per heavy atom. The van der Waals surface area contributed by atoms with Crippen molar-refractivity contribution in [1.29, 1.82) is 0 Å². The number of anilines is 2. The molecule has 0 bridgehead atoms. The Hall–Kier alpha value is -2.64. The predicted octanol–water partition coefficient (Wildman–Crippen LogP) is 2.98. The molecule has 2 aromatic heterocycles. The molecule has 0 saturated carbocycles. The van der Waals surface area contributed by atoms with Crippen LogP contribution in [0.25, 0.3) is 11.4 Å². The second-order valence-electron chi connectivity index (χ2n) is 4.79. The summed E-state index contributed by atoms with van der Waals surface area (Å²) in [5.74, 6) is 0.408. The van der Waals surface area contributed by atoms with Gasteiger partial charge in [-0.1, -0.05) is 29.3 Å². The first-order valence-corrected chi connectivity index (χ1v) is 7.63. The van der Waals surface area contributed by atoms with E-state index in [9.17, 15) is 4.79 Å². The summed E-state index contributed by atoms with van der Waals surface area (Å²) in [5, 5.41) is 0.786. The number of pyridine rings is 1. The van der Waals surface area contributed by atoms with Crippen molar-refractivity contribution in [2.24, 2.45) is 7.05 Å². The maximum atomic E-state index is 12.1. The summed E-state index contributed by atoms with van der Waals surface area (Å²) in [6.45, 7) is 0. The molecule has 7 nitrogen and oxygen atoms in total. The molecule has 3 aromatic rings. The van der Waals surface area contributed by atoms with Crippen molar-refractivity contribution in [3.05, 3.63) is 63.3 Å². The van der Waals surface area contributed by atoms with E-state index < -0.39 is 5.69 Å². The van der Waals surface area contributed by atoms with Gasteiger partial charge in [-0.25, -0.2) is 4.79 Å². The summed E-state index contributed by atoms with van der Waals surface area (Å²) in [6, 6.07) is 8.58. The van der Waals surface area contributed by atoms with Gasteiger partial charge in [-0.05, 0) is 24.3 Å². The minimum Gasteiger partial charge on any atom is -0.298 e. The lowest BCUT2D eigenvalue weighted by Crippen LogP contribution is -2.26. The van der Waals surface area contributed by atoms with Gasteiger partial charge in [0.1, 0.15) is 0 Å². The van der Waals surface area contributed by atoms with Gasteiger partial charge in [0.05, 0.1) is 21.3 Å². The van der Waals surface area contributed by atoms with Crippen molar-refractivity contribution in [3.8, 4) is 11.4 Å². The van der Waals surface area contributed by atoms with Gasteiger partial charge in [-0.3, -0.25) is 20.4 Å². The van der Waals surface area contributed by atoms with E-state index >= 15 is 0 Å². The molecule has 0 aliphatic heterocycles. The van der Waals surface area contributed by atoms with E-state index in [0.717, 1.165) is 5.69 Å². The highest BCUT2D eigenvalue weighted by Crippen LogP contribution is 2.32. The molecule has 122 valence electrons. The van der Waals surface area contributed by atoms with Crippen LogP contribution in [0.15, 0.2) is 47.5 Å². The molecule has 2 heterocycles. The van der Waals surface area contributed by atoms with Crippen LogP contribution in [-0.2, 0) is 7.05 Å². The number of hydrogen-bond donors (Lipinski definition) is 2. The van der Waals surface area contributed by atoms with E-state index in [1.54, 1.807) is 49.8 Å². The van der Waals surface area contributed by atoms with Crippen LogP contribution < -0.4 is 16.5 Å². The first-order chi connectivity index (χ1) is 11.6. The average molecular weight is 363 g/mol. The maximum Gasteiger partial charge on any atom is 0.352 e. The first kappa shape index (κ1) is 16.2. The lowest BCUT2D eigenvalue weighted by atomic mass is 10.2. The number of hydrogen-bond acceptors (Lipinski definition) is 6. The number of rotatable bonds is 4. The van der Waals surface area contributed by atoms with Gasteiger partial charge in [-0.2, -0.15) is 9.97 Å². The predicted molar refractivity (Wildman–Crippen MR) is 94.2 cm³/mol. The summed E-state index contributed by atoms with van der Waals surface area (Å²) in [4.78, 5) is 24.2. The third kappa shape index (κ3) is 3.32. The number of halogens is 2. The zero-order chi connectivity index (χ0) is 17.1. The number of benzene rings is 1. The molecule has 0 saturated heterocycles. The maximum absolute atomic E-state index is 12.1. The van der Waals surface area contributed by atoms with E-state index in [0.29, 0.717) is 21.4 Å². The molecule has 9 heteroatoms.